The minimum atomic E-state index is -4.87. The van der Waals surface area contributed by atoms with E-state index in [4.69, 9.17) is 17.0 Å². The van der Waals surface area contributed by atoms with Crippen LogP contribution >= 0.6 is 17.0 Å². The Labute approximate surface area is 318 Å². The van der Waals surface area contributed by atoms with Crippen LogP contribution in [-0.4, -0.2) is 5.92 Å². The van der Waals surface area contributed by atoms with Crippen LogP contribution in [0.25, 0.3) is 34.4 Å². The van der Waals surface area contributed by atoms with Crippen molar-refractivity contribution in [2.45, 2.75) is 119 Å². The summed E-state index contributed by atoms with van der Waals surface area (Å²) in [6, 6.07) is 33.5. The number of benzene rings is 4. The summed E-state index contributed by atoms with van der Waals surface area (Å²) in [6.45, 7) is 23.2. The molecule has 0 radical (unpaired) electrons. The van der Waals surface area contributed by atoms with Crippen LogP contribution in [0.15, 0.2) is 96.1 Å². The zero-order valence-electron chi connectivity index (χ0n) is 32.8. The number of unbranched alkanes of at least 4 members (excludes halogenated alkanes) is 3. The van der Waals surface area contributed by atoms with Gasteiger partial charge in [0.25, 0.3) is 0 Å². The van der Waals surface area contributed by atoms with Crippen molar-refractivity contribution in [3.05, 3.63) is 129 Å². The standard InChI is InChI=1S/2C20H21.C7H17Si.2ClH.Zr/c2*1-14-12-16-6-5-7-18(19(16)13-14)15-8-10-17(11-9-15)20(2,3)4;1-3-4-5-6-7-8-2;;;/h2*5-13H,1-4H3;8H,3-7H2,1-2H3;2*1H;/q;;;;;+2/p-2. The summed E-state index contributed by atoms with van der Waals surface area (Å²) in [5.41, 5.74) is 16.2. The van der Waals surface area contributed by atoms with Gasteiger partial charge in [-0.1, -0.05) is 0 Å². The molecule has 0 aliphatic heterocycles. The van der Waals surface area contributed by atoms with Crippen LogP contribution in [0.4, 0.5) is 0 Å². The van der Waals surface area contributed by atoms with E-state index in [1.807, 2.05) is 0 Å². The topological polar surface area (TPSA) is 0 Å². The van der Waals surface area contributed by atoms with E-state index in [1.54, 1.807) is 0 Å². The molecule has 4 aromatic carbocycles. The molecular formula is C47H59Cl2SiZr. The van der Waals surface area contributed by atoms with E-state index in [0.29, 0.717) is 0 Å². The molecule has 51 heavy (non-hydrogen) atoms. The molecule has 6 rings (SSSR count). The van der Waals surface area contributed by atoms with Crippen LogP contribution in [0.2, 0.25) is 12.6 Å². The van der Waals surface area contributed by atoms with Gasteiger partial charge in [0.2, 0.25) is 0 Å². The molecule has 0 saturated heterocycles. The van der Waals surface area contributed by atoms with E-state index < -0.39 is 21.5 Å². The molecule has 0 saturated carbocycles. The van der Waals surface area contributed by atoms with Crippen molar-refractivity contribution < 1.29 is 15.6 Å². The maximum absolute atomic E-state index is 8.81. The molecule has 4 aromatic rings. The Morgan fingerprint density at radius 2 is 1.00 bits per heavy atom. The zero-order chi connectivity index (χ0) is 37.0. The molecule has 0 aromatic heterocycles. The van der Waals surface area contributed by atoms with Crippen molar-refractivity contribution in [1.29, 1.82) is 0 Å². The Balaban J connectivity index is 1.50. The van der Waals surface area contributed by atoms with Gasteiger partial charge in [0.05, 0.1) is 0 Å². The Morgan fingerprint density at radius 1 is 0.588 bits per heavy atom. The maximum atomic E-state index is 8.81. The van der Waals surface area contributed by atoms with Crippen LogP contribution in [0.5, 0.6) is 0 Å². The Morgan fingerprint density at radius 3 is 1.37 bits per heavy atom. The number of allylic oxidation sites excluding steroid dienone is 2. The average Bonchev–Trinajstić information content (AvgIpc) is 3.62. The van der Waals surface area contributed by atoms with Gasteiger partial charge in [-0.25, -0.2) is 0 Å². The fourth-order valence-corrected chi connectivity index (χ4v) is 51.4. The van der Waals surface area contributed by atoms with Gasteiger partial charge in [-0.05, 0) is 0 Å². The van der Waals surface area contributed by atoms with Crippen molar-refractivity contribution >= 4 is 35.1 Å². The van der Waals surface area contributed by atoms with Crippen LogP contribution in [0.1, 0.15) is 129 Å². The first-order chi connectivity index (χ1) is 24.0. The van der Waals surface area contributed by atoms with Crippen molar-refractivity contribution in [1.82, 2.24) is 0 Å². The molecule has 3 unspecified atom stereocenters. The van der Waals surface area contributed by atoms with Gasteiger partial charge in [0, 0.05) is 0 Å². The van der Waals surface area contributed by atoms with E-state index in [1.165, 1.54) is 98.5 Å². The second-order valence-corrected chi connectivity index (χ2v) is 59.2. The van der Waals surface area contributed by atoms with E-state index in [-0.39, 0.29) is 18.1 Å². The molecule has 0 spiro atoms. The molecule has 2 aliphatic carbocycles. The van der Waals surface area contributed by atoms with Gasteiger partial charge in [0.15, 0.2) is 0 Å². The predicted molar refractivity (Wildman–Crippen MR) is 228 cm³/mol. The number of halogens is 2. The van der Waals surface area contributed by atoms with Gasteiger partial charge in [0.1, 0.15) is 0 Å². The van der Waals surface area contributed by atoms with E-state index in [2.05, 4.69) is 166 Å². The minimum absolute atomic E-state index is 0.0976. The van der Waals surface area contributed by atoms with E-state index in [0.717, 1.165) is 0 Å². The Bertz CT molecular complexity index is 1840. The molecular weight excluding hydrogens is 755 g/mol. The second-order valence-electron chi connectivity index (χ2n) is 17.9. The van der Waals surface area contributed by atoms with E-state index >= 15 is 0 Å². The fourth-order valence-electron chi connectivity index (χ4n) is 9.26. The molecule has 0 nitrogen and oxygen atoms in total. The van der Waals surface area contributed by atoms with Gasteiger partial charge >= 0.3 is 321 Å². The first kappa shape index (κ1) is 38.8. The average molecular weight is 814 g/mol. The van der Waals surface area contributed by atoms with Gasteiger partial charge in [-0.2, -0.15) is 0 Å². The summed E-state index contributed by atoms with van der Waals surface area (Å²) in [4.78, 5) is 0. The normalized spacial score (nSPS) is 18.8. The van der Waals surface area contributed by atoms with Crippen molar-refractivity contribution in [3.63, 3.8) is 0 Å². The predicted octanol–water partition coefficient (Wildman–Crippen LogP) is 15.2. The summed E-state index contributed by atoms with van der Waals surface area (Å²) in [7, 11) is 17.6. The third-order valence-corrected chi connectivity index (χ3v) is 62.9. The second kappa shape index (κ2) is 14.4. The zero-order valence-corrected chi connectivity index (χ0v) is 37.9. The molecule has 2 aliphatic rings. The molecule has 4 heteroatoms. The summed E-state index contributed by atoms with van der Waals surface area (Å²) in [5.74, 6) is -1.66. The molecule has 269 valence electrons. The van der Waals surface area contributed by atoms with Crippen molar-refractivity contribution in [2.75, 3.05) is 0 Å². The number of hydrogen-bond donors (Lipinski definition) is 0. The molecule has 0 heterocycles. The van der Waals surface area contributed by atoms with Crippen LogP contribution in [-0.2, 0) is 26.4 Å². The van der Waals surface area contributed by atoms with Crippen LogP contribution in [0.3, 0.4) is 0 Å². The molecule has 0 N–H and O–H groups in total. The Kier molecular flexibility index (Phi) is 10.9. The molecule has 3 atom stereocenters. The number of hydrogen-bond acceptors (Lipinski definition) is 0. The van der Waals surface area contributed by atoms with Gasteiger partial charge in [-0.15, -0.1) is 0 Å². The first-order valence-corrected chi connectivity index (χ1v) is 35.4. The van der Waals surface area contributed by atoms with Crippen molar-refractivity contribution in [2.24, 2.45) is 0 Å². The number of rotatable bonds is 10. The summed E-state index contributed by atoms with van der Waals surface area (Å²) in [6.07, 6.45) is 9.92. The van der Waals surface area contributed by atoms with Gasteiger partial charge in [-0.3, -0.25) is 0 Å². The quantitative estimate of drug-likeness (QED) is 0.111. The third-order valence-electron chi connectivity index (χ3n) is 12.2. The summed E-state index contributed by atoms with van der Waals surface area (Å²) < 4.78 is 0.195. The summed E-state index contributed by atoms with van der Waals surface area (Å²) >= 11 is -4.87. The molecule has 0 fully saturated rings. The monoisotopic (exact) mass is 811 g/mol. The van der Waals surface area contributed by atoms with E-state index in [9.17, 15) is 0 Å². The Hall–Kier alpha value is -1.96. The molecule has 0 amide bonds. The first-order valence-electron chi connectivity index (χ1n) is 19.4. The van der Waals surface area contributed by atoms with Crippen LogP contribution < -0.4 is 0 Å². The third kappa shape index (κ3) is 7.07. The summed E-state index contributed by atoms with van der Waals surface area (Å²) in [5, 5.41) is 0. The SMILES string of the molecule is CCCCCC[SiH](C)[Zr]([Cl])([Cl])([CH]1C(C)=Cc2c(-c3ccc(C(C)(C)C)cc3)cccc21)[CH]1C(C)=Cc2c(-c3ccc(C(C)(C)C)cc3)cccc21. The fraction of sp³-hybridized carbons (Fsp3) is 0.404. The number of fused-ring (bicyclic) bond motifs is 2. The molecule has 0 bridgehead atoms. The van der Waals surface area contributed by atoms with Crippen LogP contribution in [0, 0.1) is 0 Å². The van der Waals surface area contributed by atoms with Crippen molar-refractivity contribution in [3.8, 4) is 22.3 Å². The van der Waals surface area contributed by atoms with Gasteiger partial charge < -0.3 is 0 Å².